The van der Waals surface area contributed by atoms with E-state index in [-0.39, 0.29) is 5.91 Å². The van der Waals surface area contributed by atoms with E-state index in [4.69, 9.17) is 16.6 Å². The summed E-state index contributed by atoms with van der Waals surface area (Å²) in [4.78, 5) is 15.1. The number of amides is 1. The molecule has 0 saturated carbocycles. The third-order valence-electron chi connectivity index (χ3n) is 3.21. The van der Waals surface area contributed by atoms with Gasteiger partial charge in [-0.25, -0.2) is 0 Å². The second kappa shape index (κ2) is 7.24. The van der Waals surface area contributed by atoms with E-state index in [0.717, 1.165) is 24.0 Å². The van der Waals surface area contributed by atoms with Gasteiger partial charge >= 0.3 is 0 Å². The van der Waals surface area contributed by atoms with E-state index in [1.54, 1.807) is 6.07 Å². The van der Waals surface area contributed by atoms with Crippen LogP contribution in [0.4, 0.5) is 5.69 Å². The van der Waals surface area contributed by atoms with Gasteiger partial charge in [-0.05, 0) is 30.8 Å². The summed E-state index contributed by atoms with van der Waals surface area (Å²) in [5, 5.41) is 2.89. The van der Waals surface area contributed by atoms with Crippen LogP contribution in [0.25, 0.3) is 11.1 Å². The van der Waals surface area contributed by atoms with Gasteiger partial charge in [0.15, 0.2) is 5.58 Å². The van der Waals surface area contributed by atoms with Crippen molar-refractivity contribution in [1.82, 2.24) is 4.98 Å². The maximum atomic E-state index is 11.8. The number of oxazole rings is 1. The van der Waals surface area contributed by atoms with Gasteiger partial charge in [0.2, 0.25) is 5.91 Å². The van der Waals surface area contributed by atoms with Crippen LogP contribution in [0, 0.1) is 4.84 Å². The zero-order valence-corrected chi connectivity index (χ0v) is 12.5. The van der Waals surface area contributed by atoms with E-state index < -0.39 is 0 Å². The molecule has 0 atom stereocenters. The van der Waals surface area contributed by atoms with Crippen LogP contribution in [0.5, 0.6) is 0 Å². The molecule has 0 fully saturated rings. The number of rotatable bonds is 7. The average Bonchev–Trinajstić information content (AvgIpc) is 2.78. The minimum Gasteiger partial charge on any atom is -0.429 e. The molecule has 1 aromatic heterocycles. The fourth-order valence-corrected chi connectivity index (χ4v) is 2.34. The van der Waals surface area contributed by atoms with Crippen LogP contribution in [-0.4, -0.2) is 10.9 Å². The second-order valence-corrected chi connectivity index (χ2v) is 5.31. The Hall–Kier alpha value is -1.62. The standard InChI is InChI=1S/C15H20N2O2S/c1-2-3-4-5-6-7-14(18)16-11-8-9-12-13(10-11)19-15(20)17-12/h8-10H,2-7H2,1H3,(H,16,18)(H,17,20). The van der Waals surface area contributed by atoms with E-state index in [1.807, 2.05) is 12.1 Å². The zero-order valence-electron chi connectivity index (χ0n) is 11.7. The Morgan fingerprint density at radius 1 is 1.30 bits per heavy atom. The van der Waals surface area contributed by atoms with Crippen molar-refractivity contribution in [3.63, 3.8) is 0 Å². The van der Waals surface area contributed by atoms with Gasteiger partial charge in [-0.2, -0.15) is 0 Å². The summed E-state index contributed by atoms with van der Waals surface area (Å²) in [6.45, 7) is 2.18. The number of unbranched alkanes of at least 4 members (excludes halogenated alkanes) is 4. The first-order valence-corrected chi connectivity index (χ1v) is 7.52. The van der Waals surface area contributed by atoms with Crippen molar-refractivity contribution in [1.29, 1.82) is 0 Å². The van der Waals surface area contributed by atoms with Gasteiger partial charge in [-0.15, -0.1) is 0 Å². The third-order valence-corrected chi connectivity index (χ3v) is 3.40. The molecular weight excluding hydrogens is 272 g/mol. The van der Waals surface area contributed by atoms with E-state index in [9.17, 15) is 4.79 Å². The topological polar surface area (TPSA) is 58.0 Å². The highest BCUT2D eigenvalue weighted by Gasteiger charge is 2.05. The van der Waals surface area contributed by atoms with Gasteiger partial charge in [0.05, 0.1) is 5.52 Å². The van der Waals surface area contributed by atoms with Gasteiger partial charge in [0, 0.05) is 18.2 Å². The first kappa shape index (κ1) is 14.8. The van der Waals surface area contributed by atoms with Crippen LogP contribution in [0.15, 0.2) is 22.6 Å². The lowest BCUT2D eigenvalue weighted by molar-refractivity contribution is -0.116. The SMILES string of the molecule is CCCCCCCC(=O)Nc1ccc2[nH]c(=S)oc2c1. The normalized spacial score (nSPS) is 10.8. The smallest absolute Gasteiger partial charge is 0.266 e. The molecule has 2 aromatic rings. The molecule has 0 bridgehead atoms. The van der Waals surface area contributed by atoms with Crippen molar-refractivity contribution in [2.24, 2.45) is 0 Å². The molecule has 5 heteroatoms. The van der Waals surface area contributed by atoms with Gasteiger partial charge < -0.3 is 14.7 Å². The molecule has 0 aliphatic carbocycles. The average molecular weight is 292 g/mol. The molecule has 0 radical (unpaired) electrons. The van der Waals surface area contributed by atoms with Crippen molar-refractivity contribution < 1.29 is 9.21 Å². The van der Waals surface area contributed by atoms with Crippen LogP contribution in [0.2, 0.25) is 0 Å². The quantitative estimate of drug-likeness (QED) is 0.570. The summed E-state index contributed by atoms with van der Waals surface area (Å²) < 4.78 is 5.32. The molecule has 0 spiro atoms. The molecule has 0 aliphatic heterocycles. The van der Waals surface area contributed by atoms with Crippen LogP contribution in [-0.2, 0) is 4.79 Å². The van der Waals surface area contributed by atoms with E-state index in [0.29, 0.717) is 16.8 Å². The number of nitrogens with one attached hydrogen (secondary N) is 2. The van der Waals surface area contributed by atoms with E-state index in [1.165, 1.54) is 19.3 Å². The molecule has 108 valence electrons. The summed E-state index contributed by atoms with van der Waals surface area (Å²) in [6, 6.07) is 5.49. The Bertz CT molecular complexity index is 630. The summed E-state index contributed by atoms with van der Waals surface area (Å²) in [6.07, 6.45) is 6.30. The first-order chi connectivity index (χ1) is 9.69. The summed E-state index contributed by atoms with van der Waals surface area (Å²) >= 11 is 4.93. The largest absolute Gasteiger partial charge is 0.429 e. The Labute approximate surface area is 123 Å². The van der Waals surface area contributed by atoms with Crippen molar-refractivity contribution in [2.75, 3.05) is 5.32 Å². The van der Waals surface area contributed by atoms with Crippen molar-refractivity contribution in [3.05, 3.63) is 23.0 Å². The Morgan fingerprint density at radius 3 is 2.90 bits per heavy atom. The highest BCUT2D eigenvalue weighted by atomic mass is 32.1. The number of H-pyrrole nitrogens is 1. The maximum absolute atomic E-state index is 11.8. The van der Waals surface area contributed by atoms with Crippen LogP contribution in [0.3, 0.4) is 0 Å². The fraction of sp³-hybridized carbons (Fsp3) is 0.467. The number of benzene rings is 1. The number of aromatic nitrogens is 1. The summed E-state index contributed by atoms with van der Waals surface area (Å²) in [5.41, 5.74) is 2.25. The minimum atomic E-state index is 0.0509. The van der Waals surface area contributed by atoms with Crippen molar-refractivity contribution in [2.45, 2.75) is 45.4 Å². The molecule has 20 heavy (non-hydrogen) atoms. The van der Waals surface area contributed by atoms with Crippen LogP contribution >= 0.6 is 12.2 Å². The maximum Gasteiger partial charge on any atom is 0.266 e. The number of carbonyl (C=O) groups is 1. The fourth-order valence-electron chi connectivity index (χ4n) is 2.14. The number of hydrogen-bond acceptors (Lipinski definition) is 3. The monoisotopic (exact) mass is 292 g/mol. The number of aromatic amines is 1. The lowest BCUT2D eigenvalue weighted by Gasteiger charge is -2.04. The second-order valence-electron chi connectivity index (χ2n) is 4.94. The predicted molar refractivity (Wildman–Crippen MR) is 83.4 cm³/mol. The molecule has 1 aromatic carbocycles. The first-order valence-electron chi connectivity index (χ1n) is 7.12. The molecule has 1 heterocycles. The number of fused-ring (bicyclic) bond motifs is 1. The number of carbonyl (C=O) groups excluding carboxylic acids is 1. The number of hydrogen-bond donors (Lipinski definition) is 2. The molecule has 2 rings (SSSR count). The Morgan fingerprint density at radius 2 is 2.10 bits per heavy atom. The Balaban J connectivity index is 1.84. The minimum absolute atomic E-state index is 0.0509. The highest BCUT2D eigenvalue weighted by Crippen LogP contribution is 2.19. The van der Waals surface area contributed by atoms with Gasteiger partial charge in [0.25, 0.3) is 4.84 Å². The van der Waals surface area contributed by atoms with Crippen molar-refractivity contribution in [3.8, 4) is 0 Å². The van der Waals surface area contributed by atoms with Crippen LogP contribution in [0.1, 0.15) is 45.4 Å². The van der Waals surface area contributed by atoms with E-state index >= 15 is 0 Å². The van der Waals surface area contributed by atoms with Crippen molar-refractivity contribution >= 4 is 34.9 Å². The molecule has 0 saturated heterocycles. The molecule has 2 N–H and O–H groups in total. The third kappa shape index (κ3) is 4.20. The lowest BCUT2D eigenvalue weighted by atomic mass is 10.1. The van der Waals surface area contributed by atoms with Crippen LogP contribution < -0.4 is 5.32 Å². The molecule has 0 aliphatic rings. The van der Waals surface area contributed by atoms with Gasteiger partial charge in [-0.3, -0.25) is 4.79 Å². The number of anilines is 1. The predicted octanol–water partition coefficient (Wildman–Crippen LogP) is 4.79. The Kier molecular flexibility index (Phi) is 5.35. The molecule has 0 unspecified atom stereocenters. The summed E-state index contributed by atoms with van der Waals surface area (Å²) in [7, 11) is 0. The highest BCUT2D eigenvalue weighted by molar-refractivity contribution is 7.71. The van der Waals surface area contributed by atoms with Gasteiger partial charge in [0.1, 0.15) is 0 Å². The zero-order chi connectivity index (χ0) is 14.4. The molecule has 4 nitrogen and oxygen atoms in total. The van der Waals surface area contributed by atoms with E-state index in [2.05, 4.69) is 17.2 Å². The molecular formula is C15H20N2O2S. The van der Waals surface area contributed by atoms with Gasteiger partial charge in [-0.1, -0.05) is 32.6 Å². The molecule has 1 amide bonds. The summed E-state index contributed by atoms with van der Waals surface area (Å²) in [5.74, 6) is 0.0509. The lowest BCUT2D eigenvalue weighted by Crippen LogP contribution is -2.10.